The van der Waals surface area contributed by atoms with Crippen molar-refractivity contribution in [1.29, 1.82) is 0 Å². The van der Waals surface area contributed by atoms with Gasteiger partial charge in [-0.15, -0.1) is 0 Å². The quantitative estimate of drug-likeness (QED) is 0.181. The second-order valence-corrected chi connectivity index (χ2v) is 13.6. The molecule has 51 heavy (non-hydrogen) atoms. The van der Waals surface area contributed by atoms with Crippen LogP contribution in [0.4, 0.5) is 23.0 Å². The van der Waals surface area contributed by atoms with Gasteiger partial charge in [-0.2, -0.15) is 4.58 Å². The Kier molecular flexibility index (Phi) is 6.07. The Bertz CT molecular complexity index is 2490. The van der Waals surface area contributed by atoms with E-state index in [1.165, 1.54) is 45.1 Å². The van der Waals surface area contributed by atoms with Crippen LogP contribution >= 0.6 is 0 Å². The van der Waals surface area contributed by atoms with E-state index in [9.17, 15) is 0 Å². The first kappa shape index (κ1) is 28.3. The lowest BCUT2D eigenvalue weighted by atomic mass is 9.88. The molecule has 0 saturated heterocycles. The van der Waals surface area contributed by atoms with Gasteiger partial charge in [0.15, 0.2) is 11.4 Å². The van der Waals surface area contributed by atoms with Gasteiger partial charge in [-0.1, -0.05) is 137 Å². The Morgan fingerprint density at radius 3 is 2.10 bits per heavy atom. The number of aromatic nitrogens is 2. The molecule has 4 heterocycles. The maximum atomic E-state index is 5.31. The van der Waals surface area contributed by atoms with Gasteiger partial charge in [-0.3, -0.25) is 0 Å². The molecule has 5 heteroatoms. The number of rotatable bonds is 4. The molecule has 5 nitrogen and oxygen atoms in total. The van der Waals surface area contributed by atoms with Gasteiger partial charge in [0, 0.05) is 46.3 Å². The molecule has 3 aliphatic carbocycles. The highest BCUT2D eigenvalue weighted by atomic mass is 15.3. The van der Waals surface area contributed by atoms with Gasteiger partial charge in [-0.25, -0.2) is 0 Å². The summed E-state index contributed by atoms with van der Waals surface area (Å²) in [4.78, 5) is 15.7. The van der Waals surface area contributed by atoms with Crippen LogP contribution in [0, 0.1) is 0 Å². The van der Waals surface area contributed by atoms with Gasteiger partial charge in [-0.05, 0) is 53.1 Å². The van der Waals surface area contributed by atoms with E-state index in [-0.39, 0.29) is 12.1 Å². The molecule has 2 unspecified atom stereocenters. The molecular formula is C46H32N5+. The maximum absolute atomic E-state index is 5.31. The van der Waals surface area contributed by atoms with Crippen LogP contribution in [0.3, 0.4) is 0 Å². The van der Waals surface area contributed by atoms with Crippen LogP contribution in [-0.4, -0.2) is 27.8 Å². The largest absolute Gasteiger partial charge is 0.439 e. The molecule has 2 atom stereocenters. The lowest BCUT2D eigenvalue weighted by Gasteiger charge is -2.37. The maximum Gasteiger partial charge on any atom is 0.439 e. The van der Waals surface area contributed by atoms with Gasteiger partial charge in [0.2, 0.25) is 0 Å². The molecule has 6 aliphatic rings. The van der Waals surface area contributed by atoms with E-state index in [2.05, 4.69) is 172 Å². The molecule has 0 spiro atoms. The first-order valence-electron chi connectivity index (χ1n) is 17.6. The van der Waals surface area contributed by atoms with E-state index in [1.807, 2.05) is 12.1 Å². The topological polar surface area (TPSA) is 35.3 Å². The van der Waals surface area contributed by atoms with Crippen LogP contribution in [0.5, 0.6) is 0 Å². The van der Waals surface area contributed by atoms with Crippen LogP contribution in [0.25, 0.3) is 22.5 Å². The standard InChI is InChI=1S/C46H32N5/c1-4-15-30(16-5-1)37-29-38(31-17-6-2-7-18-31)48-46(47-37)51-41-25-13-12-24-40(41)50-44-27-35-33-21-10-11-23-39(33)49(32-19-8-3-9-20-32)43(35)28-36(44)34-22-14-26-42(51)45(34)50/h1-26,28-29,39,45H,27H2/q+1. The molecule has 0 bridgehead atoms. The van der Waals surface area contributed by atoms with Crippen LogP contribution < -0.4 is 14.4 Å². The van der Waals surface area contributed by atoms with Crippen molar-refractivity contribution in [3.63, 3.8) is 0 Å². The summed E-state index contributed by atoms with van der Waals surface area (Å²) in [5, 5.41) is 0. The van der Waals surface area contributed by atoms with Crippen molar-refractivity contribution in [2.75, 3.05) is 9.80 Å². The first-order valence-corrected chi connectivity index (χ1v) is 17.6. The lowest BCUT2D eigenvalue weighted by molar-refractivity contribution is 0.831. The van der Waals surface area contributed by atoms with Crippen molar-refractivity contribution in [1.82, 2.24) is 14.5 Å². The zero-order chi connectivity index (χ0) is 33.5. The third-order valence-electron chi connectivity index (χ3n) is 10.8. The molecular weight excluding hydrogens is 623 g/mol. The highest BCUT2D eigenvalue weighted by molar-refractivity contribution is 6.13. The second-order valence-electron chi connectivity index (χ2n) is 13.6. The van der Waals surface area contributed by atoms with Crippen molar-refractivity contribution < 1.29 is 0 Å². The SMILES string of the molecule is C1=CC2=C3CC4=C(C=C3N(c3ccccc3)C2C=C1)C1=CC=CC2=[N+](c3nc(-c5ccccc5)cc(-c5ccccc5)n3)c3ccccc3N4C12. The normalized spacial score (nSPS) is 20.5. The Morgan fingerprint density at radius 1 is 0.667 bits per heavy atom. The minimum atomic E-state index is 0.00287. The summed E-state index contributed by atoms with van der Waals surface area (Å²) < 4.78 is 2.30. The van der Waals surface area contributed by atoms with Crippen molar-refractivity contribution in [2.45, 2.75) is 18.5 Å². The second kappa shape index (κ2) is 11.0. The predicted molar refractivity (Wildman–Crippen MR) is 207 cm³/mol. The summed E-state index contributed by atoms with van der Waals surface area (Å²) in [5.74, 6) is 0.672. The number of fused-ring (bicyclic) bond motifs is 6. The summed E-state index contributed by atoms with van der Waals surface area (Å²) in [6.45, 7) is 0. The molecule has 4 aromatic carbocycles. The smallest absolute Gasteiger partial charge is 0.330 e. The van der Waals surface area contributed by atoms with Gasteiger partial charge >= 0.3 is 5.95 Å². The number of allylic oxidation sites excluding steroid dienone is 7. The molecule has 0 saturated carbocycles. The highest BCUT2D eigenvalue weighted by Crippen LogP contribution is 2.54. The van der Waals surface area contributed by atoms with Gasteiger partial charge in [0.05, 0.1) is 11.7 Å². The average Bonchev–Trinajstić information content (AvgIpc) is 3.71. The Hall–Kier alpha value is -6.59. The number of hydrogen-bond acceptors (Lipinski definition) is 4. The third kappa shape index (κ3) is 4.18. The van der Waals surface area contributed by atoms with E-state index in [4.69, 9.17) is 9.97 Å². The van der Waals surface area contributed by atoms with Crippen LogP contribution in [0.2, 0.25) is 0 Å². The van der Waals surface area contributed by atoms with Crippen molar-refractivity contribution >= 4 is 28.7 Å². The number of nitrogens with zero attached hydrogens (tertiary/aromatic N) is 5. The average molecular weight is 655 g/mol. The molecule has 5 aromatic rings. The van der Waals surface area contributed by atoms with Crippen LogP contribution in [-0.2, 0) is 0 Å². The molecule has 11 rings (SSSR count). The molecule has 240 valence electrons. The number of hydrogen-bond donors (Lipinski definition) is 0. The molecule has 3 aliphatic heterocycles. The highest BCUT2D eigenvalue weighted by Gasteiger charge is 2.50. The fourth-order valence-corrected chi connectivity index (χ4v) is 8.67. The molecule has 1 aromatic heterocycles. The number of anilines is 2. The van der Waals surface area contributed by atoms with Crippen molar-refractivity contribution in [3.05, 3.63) is 204 Å². The predicted octanol–water partition coefficient (Wildman–Crippen LogP) is 9.64. The summed E-state index contributed by atoms with van der Waals surface area (Å²) in [7, 11) is 0. The van der Waals surface area contributed by atoms with Gasteiger partial charge < -0.3 is 9.80 Å². The van der Waals surface area contributed by atoms with E-state index in [1.54, 1.807) is 0 Å². The zero-order valence-corrected chi connectivity index (χ0v) is 27.8. The van der Waals surface area contributed by atoms with E-state index < -0.39 is 0 Å². The Labute approximate surface area is 296 Å². The summed E-state index contributed by atoms with van der Waals surface area (Å²) in [6.07, 6.45) is 19.1. The van der Waals surface area contributed by atoms with E-state index >= 15 is 0 Å². The van der Waals surface area contributed by atoms with Crippen molar-refractivity contribution in [2.24, 2.45) is 0 Å². The molecule has 0 amide bonds. The minimum Gasteiger partial charge on any atom is -0.330 e. The summed E-state index contributed by atoms with van der Waals surface area (Å²) >= 11 is 0. The third-order valence-corrected chi connectivity index (χ3v) is 10.8. The van der Waals surface area contributed by atoms with Crippen LogP contribution in [0.1, 0.15) is 6.42 Å². The van der Waals surface area contributed by atoms with E-state index in [0.29, 0.717) is 5.95 Å². The van der Waals surface area contributed by atoms with Crippen molar-refractivity contribution in [3.8, 4) is 22.5 Å². The van der Waals surface area contributed by atoms with Crippen LogP contribution in [0.15, 0.2) is 204 Å². The number of benzene rings is 4. The monoisotopic (exact) mass is 654 g/mol. The van der Waals surface area contributed by atoms with Gasteiger partial charge in [0.1, 0.15) is 17.4 Å². The fourth-order valence-electron chi connectivity index (χ4n) is 8.67. The first-order chi connectivity index (χ1) is 25.3. The number of para-hydroxylation sites is 3. The van der Waals surface area contributed by atoms with Gasteiger partial charge in [0.25, 0.3) is 0 Å². The molecule has 0 N–H and O–H groups in total. The fraction of sp³-hybridized carbons (Fsp3) is 0.0652. The summed E-state index contributed by atoms with van der Waals surface area (Å²) in [6, 6.07) is 42.7. The molecule has 0 fully saturated rings. The minimum absolute atomic E-state index is 0.00287. The van der Waals surface area contributed by atoms with E-state index in [0.717, 1.165) is 40.3 Å². The summed E-state index contributed by atoms with van der Waals surface area (Å²) in [5.41, 5.74) is 16.6. The Balaban J connectivity index is 1.11. The molecule has 0 radical (unpaired) electrons. The lowest BCUT2D eigenvalue weighted by Crippen LogP contribution is -2.46. The zero-order valence-electron chi connectivity index (χ0n) is 27.8. The Morgan fingerprint density at radius 2 is 1.35 bits per heavy atom.